The summed E-state index contributed by atoms with van der Waals surface area (Å²) in [5.41, 5.74) is 4.99. The highest BCUT2D eigenvalue weighted by Gasteiger charge is 2.34. The van der Waals surface area contributed by atoms with Crippen molar-refractivity contribution in [1.82, 2.24) is 9.47 Å². The Morgan fingerprint density at radius 2 is 1.71 bits per heavy atom. The molecule has 1 aromatic heterocycles. The summed E-state index contributed by atoms with van der Waals surface area (Å²) >= 11 is 0. The Balaban J connectivity index is 1.43. The van der Waals surface area contributed by atoms with Crippen LogP contribution in [0.1, 0.15) is 56.5 Å². The molecule has 0 unspecified atom stereocenters. The van der Waals surface area contributed by atoms with E-state index in [1.54, 1.807) is 11.0 Å². The third kappa shape index (κ3) is 4.79. The van der Waals surface area contributed by atoms with Gasteiger partial charge in [0.2, 0.25) is 0 Å². The number of rotatable bonds is 3. The lowest BCUT2D eigenvalue weighted by molar-refractivity contribution is -0.128. The third-order valence-electron chi connectivity index (χ3n) is 6.42. The van der Waals surface area contributed by atoms with Crippen LogP contribution in [0.3, 0.4) is 0 Å². The summed E-state index contributed by atoms with van der Waals surface area (Å²) in [4.78, 5) is 14.2. The summed E-state index contributed by atoms with van der Waals surface area (Å²) in [6, 6.07) is 14.0. The number of halogens is 3. The van der Waals surface area contributed by atoms with Crippen molar-refractivity contribution in [2.45, 2.75) is 70.8 Å². The Labute approximate surface area is 197 Å². The van der Waals surface area contributed by atoms with Crippen LogP contribution in [0.4, 0.5) is 18.0 Å². The van der Waals surface area contributed by atoms with Gasteiger partial charge in [0.15, 0.2) is 0 Å². The lowest BCUT2D eigenvalue weighted by atomic mass is 9.94. The molecule has 0 N–H and O–H groups in total. The summed E-state index contributed by atoms with van der Waals surface area (Å²) in [5, 5.41) is 0.848. The number of carbonyl (C=O) groups excluding carboxylic acids is 1. The molecule has 34 heavy (non-hydrogen) atoms. The Hall–Kier alpha value is -2.96. The van der Waals surface area contributed by atoms with Gasteiger partial charge in [-0.05, 0) is 79.8 Å². The molecule has 1 fully saturated rings. The van der Waals surface area contributed by atoms with Gasteiger partial charge in [0, 0.05) is 30.3 Å². The molecule has 0 radical (unpaired) electrons. The van der Waals surface area contributed by atoms with Crippen molar-refractivity contribution >= 4 is 17.0 Å². The maximum absolute atomic E-state index is 13.2. The first-order valence-corrected chi connectivity index (χ1v) is 11.8. The number of alkyl halides is 3. The predicted octanol–water partition coefficient (Wildman–Crippen LogP) is 7.04. The number of amides is 1. The molecule has 3 aromatic rings. The molecule has 2 aliphatic rings. The minimum atomic E-state index is -4.23. The van der Waals surface area contributed by atoms with E-state index < -0.39 is 18.2 Å². The zero-order valence-corrected chi connectivity index (χ0v) is 19.7. The highest BCUT2D eigenvalue weighted by molar-refractivity contribution is 5.87. The number of hydrogen-bond acceptors (Lipinski definition) is 2. The van der Waals surface area contributed by atoms with Crippen LogP contribution in [0.25, 0.3) is 22.0 Å². The van der Waals surface area contributed by atoms with Gasteiger partial charge in [-0.2, -0.15) is 13.2 Å². The van der Waals surface area contributed by atoms with E-state index in [1.165, 1.54) is 5.56 Å². The van der Waals surface area contributed by atoms with Crippen molar-refractivity contribution in [2.75, 3.05) is 6.54 Å². The molecule has 180 valence electrons. The van der Waals surface area contributed by atoms with Crippen LogP contribution in [0.15, 0.2) is 42.5 Å². The van der Waals surface area contributed by atoms with Crippen LogP contribution in [0.5, 0.6) is 0 Å². The van der Waals surface area contributed by atoms with Crippen LogP contribution in [-0.2, 0) is 24.1 Å². The number of ether oxygens (including phenoxy) is 1. The largest absolute Gasteiger partial charge is 0.444 e. The van der Waals surface area contributed by atoms with Crippen molar-refractivity contribution in [3.05, 3.63) is 59.3 Å². The molecule has 0 saturated heterocycles. The standard InChI is InChI=1S/C27H29F3N2O2/c1-26(2,3)34-25(33)31-11-10-19-12-17(5-7-21(19)16-31)18-4-6-20-13-23(15-27(28,29)30)32(22-8-9-22)24(20)14-18/h4-7,12-14,22H,8-11,15-16H2,1-3H3. The lowest BCUT2D eigenvalue weighted by Gasteiger charge is -2.31. The molecule has 1 amide bonds. The minimum Gasteiger partial charge on any atom is -0.444 e. The number of carbonyl (C=O) groups is 1. The number of aromatic nitrogens is 1. The highest BCUT2D eigenvalue weighted by atomic mass is 19.4. The lowest BCUT2D eigenvalue weighted by Crippen LogP contribution is -2.39. The second kappa shape index (κ2) is 8.07. The maximum atomic E-state index is 13.2. The van der Waals surface area contributed by atoms with Gasteiger partial charge in [-0.15, -0.1) is 0 Å². The second-order valence-electron chi connectivity index (χ2n) is 10.4. The van der Waals surface area contributed by atoms with Crippen molar-refractivity contribution in [2.24, 2.45) is 0 Å². The number of benzene rings is 2. The molecule has 1 saturated carbocycles. The SMILES string of the molecule is CC(C)(C)OC(=O)N1CCc2cc(-c3ccc4cc(CC(F)(F)F)n(C5CC5)c4c3)ccc2C1. The molecule has 0 atom stereocenters. The van der Waals surface area contributed by atoms with Crippen LogP contribution in [-0.4, -0.2) is 33.9 Å². The summed E-state index contributed by atoms with van der Waals surface area (Å²) < 4.78 is 46.9. The maximum Gasteiger partial charge on any atom is 0.410 e. The summed E-state index contributed by atoms with van der Waals surface area (Å²) in [6.45, 7) is 6.68. The zero-order valence-electron chi connectivity index (χ0n) is 19.7. The molecule has 0 spiro atoms. The average molecular weight is 471 g/mol. The van der Waals surface area contributed by atoms with E-state index in [9.17, 15) is 18.0 Å². The molecular formula is C27H29F3N2O2. The predicted molar refractivity (Wildman–Crippen MR) is 126 cm³/mol. The van der Waals surface area contributed by atoms with E-state index in [1.807, 2.05) is 55.7 Å². The first kappa shape index (κ1) is 22.8. The van der Waals surface area contributed by atoms with Crippen LogP contribution < -0.4 is 0 Å². The molecule has 2 heterocycles. The second-order valence-corrected chi connectivity index (χ2v) is 10.4. The fourth-order valence-electron chi connectivity index (χ4n) is 4.78. The van der Waals surface area contributed by atoms with Gasteiger partial charge in [-0.1, -0.05) is 30.3 Å². The van der Waals surface area contributed by atoms with Gasteiger partial charge in [-0.3, -0.25) is 0 Å². The quantitative estimate of drug-likeness (QED) is 0.411. The number of fused-ring (bicyclic) bond motifs is 2. The van der Waals surface area contributed by atoms with Crippen molar-refractivity contribution < 1.29 is 22.7 Å². The first-order valence-electron chi connectivity index (χ1n) is 11.8. The molecule has 5 rings (SSSR count). The van der Waals surface area contributed by atoms with Crippen molar-refractivity contribution in [1.29, 1.82) is 0 Å². The van der Waals surface area contributed by atoms with Crippen LogP contribution in [0.2, 0.25) is 0 Å². The first-order chi connectivity index (χ1) is 16.0. The topological polar surface area (TPSA) is 34.5 Å². The Morgan fingerprint density at radius 1 is 1.00 bits per heavy atom. The molecule has 0 bridgehead atoms. The van der Waals surface area contributed by atoms with E-state index in [0.717, 1.165) is 46.9 Å². The monoisotopic (exact) mass is 470 g/mol. The Kier molecular flexibility index (Phi) is 5.41. The van der Waals surface area contributed by atoms with Crippen LogP contribution >= 0.6 is 0 Å². The van der Waals surface area contributed by atoms with Gasteiger partial charge in [0.25, 0.3) is 0 Å². The normalized spacial score (nSPS) is 16.6. The zero-order chi connectivity index (χ0) is 24.3. The molecule has 4 nitrogen and oxygen atoms in total. The fraction of sp³-hybridized carbons (Fsp3) is 0.444. The molecule has 2 aromatic carbocycles. The number of nitrogens with zero attached hydrogens (tertiary/aromatic N) is 2. The van der Waals surface area contributed by atoms with E-state index in [0.29, 0.717) is 18.8 Å². The van der Waals surface area contributed by atoms with Crippen LogP contribution in [0, 0.1) is 0 Å². The van der Waals surface area contributed by atoms with Gasteiger partial charge < -0.3 is 14.2 Å². The smallest absolute Gasteiger partial charge is 0.410 e. The minimum absolute atomic E-state index is 0.160. The van der Waals surface area contributed by atoms with E-state index in [-0.39, 0.29) is 12.1 Å². The van der Waals surface area contributed by atoms with Gasteiger partial charge >= 0.3 is 12.3 Å². The highest BCUT2D eigenvalue weighted by Crippen LogP contribution is 2.42. The Bertz CT molecular complexity index is 1250. The van der Waals surface area contributed by atoms with Gasteiger partial charge in [0.1, 0.15) is 5.60 Å². The molecule has 1 aliphatic carbocycles. The van der Waals surface area contributed by atoms with E-state index in [4.69, 9.17) is 4.74 Å². The summed E-state index contributed by atoms with van der Waals surface area (Å²) in [5.74, 6) is 0. The molecule has 7 heteroatoms. The van der Waals surface area contributed by atoms with Crippen molar-refractivity contribution in [3.63, 3.8) is 0 Å². The number of hydrogen-bond donors (Lipinski definition) is 0. The third-order valence-corrected chi connectivity index (χ3v) is 6.42. The van der Waals surface area contributed by atoms with E-state index in [2.05, 4.69) is 6.07 Å². The average Bonchev–Trinajstić information content (AvgIpc) is 3.51. The molecule has 1 aliphatic heterocycles. The molecular weight excluding hydrogens is 441 g/mol. The Morgan fingerprint density at radius 3 is 2.38 bits per heavy atom. The summed E-state index contributed by atoms with van der Waals surface area (Å²) in [7, 11) is 0. The summed E-state index contributed by atoms with van der Waals surface area (Å²) in [6.07, 6.45) is -2.85. The van der Waals surface area contributed by atoms with E-state index >= 15 is 0 Å². The fourth-order valence-corrected chi connectivity index (χ4v) is 4.78. The van der Waals surface area contributed by atoms with Crippen molar-refractivity contribution in [3.8, 4) is 11.1 Å². The van der Waals surface area contributed by atoms with Gasteiger partial charge in [0.05, 0.1) is 6.42 Å². The van der Waals surface area contributed by atoms with Gasteiger partial charge in [-0.25, -0.2) is 4.79 Å².